The van der Waals surface area contributed by atoms with E-state index in [1.165, 1.54) is 23.5 Å². The van der Waals surface area contributed by atoms with Gasteiger partial charge in [-0.1, -0.05) is 29.8 Å². The zero-order chi connectivity index (χ0) is 17.2. The Kier molecular flexibility index (Phi) is 5.04. The molecule has 3 rings (SSSR count). The van der Waals surface area contributed by atoms with Crippen LogP contribution in [0.5, 0.6) is 0 Å². The lowest BCUT2D eigenvalue weighted by Gasteiger charge is -2.36. The van der Waals surface area contributed by atoms with E-state index in [2.05, 4.69) is 9.38 Å². The average molecular weight is 387 g/mol. The van der Waals surface area contributed by atoms with Gasteiger partial charge in [-0.05, 0) is 12.1 Å². The summed E-state index contributed by atoms with van der Waals surface area (Å²) in [4.78, 5) is 8.41. The highest BCUT2D eigenvalue weighted by Gasteiger charge is 2.26. The number of nitrogens with zero attached hydrogens (tertiary/aromatic N) is 4. The fourth-order valence-corrected chi connectivity index (χ4v) is 4.26. The van der Waals surface area contributed by atoms with E-state index < -0.39 is 10.0 Å². The molecule has 0 saturated carbocycles. The maximum absolute atomic E-state index is 12.5. The van der Waals surface area contributed by atoms with Crippen LogP contribution in [-0.2, 0) is 21.3 Å². The van der Waals surface area contributed by atoms with Crippen molar-refractivity contribution in [1.29, 1.82) is 0 Å². The lowest BCUT2D eigenvalue weighted by molar-refractivity contribution is -0.0203. The molecular formula is C14H15ClN4O3S2. The number of ether oxygens (including phenoxy) is 1. The molecule has 2 heterocycles. The number of hydrogen-bond donors (Lipinski definition) is 0. The van der Waals surface area contributed by atoms with E-state index in [1.54, 1.807) is 41.2 Å². The van der Waals surface area contributed by atoms with Gasteiger partial charge in [-0.2, -0.15) is 8.42 Å². The summed E-state index contributed by atoms with van der Waals surface area (Å²) >= 11 is 7.18. The van der Waals surface area contributed by atoms with Crippen molar-refractivity contribution < 1.29 is 13.2 Å². The minimum Gasteiger partial charge on any atom is -0.341 e. The molecule has 10 heteroatoms. The molecule has 1 aliphatic heterocycles. The molecule has 0 bridgehead atoms. The Morgan fingerprint density at radius 1 is 1.33 bits per heavy atom. The Morgan fingerprint density at radius 2 is 2.08 bits per heavy atom. The summed E-state index contributed by atoms with van der Waals surface area (Å²) in [6, 6.07) is 8.13. The Balaban J connectivity index is 1.91. The molecule has 7 nitrogen and oxygen atoms in total. The van der Waals surface area contributed by atoms with Crippen LogP contribution in [0.15, 0.2) is 45.8 Å². The van der Waals surface area contributed by atoms with Gasteiger partial charge in [0, 0.05) is 18.1 Å². The van der Waals surface area contributed by atoms with Crippen LogP contribution in [0, 0.1) is 0 Å². The van der Waals surface area contributed by atoms with Crippen molar-refractivity contribution in [3.63, 3.8) is 0 Å². The summed E-state index contributed by atoms with van der Waals surface area (Å²) in [5.41, 5.74) is 0. The summed E-state index contributed by atoms with van der Waals surface area (Å²) in [7, 11) is -2.07. The van der Waals surface area contributed by atoms with E-state index >= 15 is 0 Å². The highest BCUT2D eigenvalue weighted by Crippen LogP contribution is 2.22. The summed E-state index contributed by atoms with van der Waals surface area (Å²) < 4.78 is 35.0. The number of guanidine groups is 1. The van der Waals surface area contributed by atoms with Crippen molar-refractivity contribution in [3.8, 4) is 0 Å². The Morgan fingerprint density at radius 3 is 2.75 bits per heavy atom. The molecule has 1 aromatic carbocycles. The zero-order valence-corrected chi connectivity index (χ0v) is 15.2. The number of rotatable bonds is 4. The van der Waals surface area contributed by atoms with E-state index in [9.17, 15) is 8.42 Å². The van der Waals surface area contributed by atoms with Crippen molar-refractivity contribution in [2.45, 2.75) is 11.4 Å². The summed E-state index contributed by atoms with van der Waals surface area (Å²) in [6.45, 7) is 0.921. The molecule has 0 radical (unpaired) electrons. The second-order valence-corrected chi connectivity index (χ2v) is 8.42. The molecule has 0 unspecified atom stereocenters. The molecule has 1 saturated heterocycles. The lowest BCUT2D eigenvalue weighted by Crippen LogP contribution is -2.49. The molecular weight excluding hydrogens is 372 g/mol. The molecule has 128 valence electrons. The first-order chi connectivity index (χ1) is 11.5. The summed E-state index contributed by atoms with van der Waals surface area (Å²) in [5.74, 6) is 0.328. The minimum atomic E-state index is -3.80. The highest BCUT2D eigenvalue weighted by atomic mass is 35.5. The Labute approximate surface area is 149 Å². The third-order valence-electron chi connectivity index (χ3n) is 3.27. The Hall–Kier alpha value is -1.68. The predicted molar refractivity (Wildman–Crippen MR) is 92.3 cm³/mol. The number of benzene rings is 1. The van der Waals surface area contributed by atoms with Gasteiger partial charge in [0.1, 0.15) is 13.5 Å². The highest BCUT2D eigenvalue weighted by molar-refractivity contribution is 7.90. The lowest BCUT2D eigenvalue weighted by atomic mass is 10.4. The first-order valence-electron chi connectivity index (χ1n) is 7.00. The van der Waals surface area contributed by atoms with Crippen molar-refractivity contribution in [2.75, 3.05) is 20.5 Å². The first-order valence-corrected chi connectivity index (χ1v) is 9.63. The fraction of sp³-hybridized carbons (Fsp3) is 0.286. The van der Waals surface area contributed by atoms with E-state index in [0.717, 1.165) is 4.88 Å². The summed E-state index contributed by atoms with van der Waals surface area (Å²) in [5, 5.41) is 0. The standard InChI is InChI=1S/C14H15ClN4O3S2/c1-18-9-22-10-19(8-11-7-16-13(15)23-11)14(18)17-24(20,21)12-5-3-2-4-6-12/h2-7H,8-10H2,1H3. The van der Waals surface area contributed by atoms with Crippen LogP contribution in [0.4, 0.5) is 0 Å². The SMILES string of the molecule is CN1COCN(Cc2cnc(Cl)s2)C1=NS(=O)(=O)c1ccccc1. The number of sulfonamides is 1. The molecule has 0 spiro atoms. The van der Waals surface area contributed by atoms with Crippen LogP contribution in [-0.4, -0.2) is 49.7 Å². The number of aromatic nitrogens is 1. The average Bonchev–Trinajstić information content (AvgIpc) is 2.97. The van der Waals surface area contributed by atoms with Gasteiger partial charge in [0.05, 0.1) is 11.4 Å². The van der Waals surface area contributed by atoms with Crippen molar-refractivity contribution in [3.05, 3.63) is 45.9 Å². The van der Waals surface area contributed by atoms with Crippen molar-refractivity contribution >= 4 is 38.9 Å². The van der Waals surface area contributed by atoms with Crippen LogP contribution in [0.1, 0.15) is 4.88 Å². The Bertz CT molecular complexity index is 839. The first kappa shape index (κ1) is 17.2. The van der Waals surface area contributed by atoms with Gasteiger partial charge >= 0.3 is 0 Å². The maximum Gasteiger partial charge on any atom is 0.285 e. The molecule has 0 aliphatic carbocycles. The zero-order valence-electron chi connectivity index (χ0n) is 12.8. The van der Waals surface area contributed by atoms with Crippen LogP contribution >= 0.6 is 22.9 Å². The van der Waals surface area contributed by atoms with Crippen LogP contribution in [0.25, 0.3) is 0 Å². The number of hydrogen-bond acceptors (Lipinski definition) is 5. The second kappa shape index (κ2) is 7.06. The molecule has 1 aliphatic rings. The van der Waals surface area contributed by atoms with Gasteiger partial charge in [-0.15, -0.1) is 15.7 Å². The molecule has 0 atom stereocenters. The van der Waals surface area contributed by atoms with Gasteiger partial charge in [0.25, 0.3) is 10.0 Å². The number of halogens is 1. The quantitative estimate of drug-likeness (QED) is 0.802. The molecule has 0 amide bonds. The second-order valence-electron chi connectivity index (χ2n) is 5.12. The topological polar surface area (TPSA) is 75.1 Å². The fourth-order valence-electron chi connectivity index (χ4n) is 2.19. The third-order valence-corrected chi connectivity index (χ3v) is 5.64. The summed E-state index contributed by atoms with van der Waals surface area (Å²) in [6.07, 6.45) is 1.66. The van der Waals surface area contributed by atoms with Crippen molar-refractivity contribution in [1.82, 2.24) is 14.8 Å². The van der Waals surface area contributed by atoms with E-state index in [1.807, 2.05) is 0 Å². The van der Waals surface area contributed by atoms with Gasteiger partial charge in [0.15, 0.2) is 4.47 Å². The smallest absolute Gasteiger partial charge is 0.285 e. The number of thiazole rings is 1. The predicted octanol–water partition coefficient (Wildman–Crippen LogP) is 2.22. The van der Waals surface area contributed by atoms with E-state index in [4.69, 9.17) is 16.3 Å². The van der Waals surface area contributed by atoms with Crippen LogP contribution in [0.2, 0.25) is 4.47 Å². The maximum atomic E-state index is 12.5. The van der Waals surface area contributed by atoms with Gasteiger partial charge in [-0.3, -0.25) is 0 Å². The van der Waals surface area contributed by atoms with E-state index in [0.29, 0.717) is 17.0 Å². The van der Waals surface area contributed by atoms with Gasteiger partial charge in [0.2, 0.25) is 5.96 Å². The molecule has 1 fully saturated rings. The minimum absolute atomic E-state index is 0.151. The normalized spacial score (nSPS) is 17.5. The van der Waals surface area contributed by atoms with Crippen molar-refractivity contribution in [2.24, 2.45) is 4.40 Å². The van der Waals surface area contributed by atoms with Crippen LogP contribution in [0.3, 0.4) is 0 Å². The molecule has 0 N–H and O–H groups in total. The largest absolute Gasteiger partial charge is 0.341 e. The third kappa shape index (κ3) is 3.86. The monoisotopic (exact) mass is 386 g/mol. The van der Waals surface area contributed by atoms with Gasteiger partial charge < -0.3 is 14.5 Å². The molecule has 24 heavy (non-hydrogen) atoms. The molecule has 2 aromatic rings. The van der Waals surface area contributed by atoms with Gasteiger partial charge in [-0.25, -0.2) is 4.98 Å². The molecule has 1 aromatic heterocycles. The van der Waals surface area contributed by atoms with Crippen LogP contribution < -0.4 is 0 Å². The van der Waals surface area contributed by atoms with E-state index in [-0.39, 0.29) is 18.4 Å².